The van der Waals surface area contributed by atoms with E-state index in [4.69, 9.17) is 10.5 Å². The minimum absolute atomic E-state index is 0.178. The molecule has 0 aromatic carbocycles. The maximum absolute atomic E-state index is 5.80. The molecule has 0 radical (unpaired) electrons. The molecule has 0 aromatic rings. The Bertz CT molecular complexity index is 149. The number of nitrogens with zero attached hydrogens (tertiary/aromatic N) is 1. The van der Waals surface area contributed by atoms with Crippen molar-refractivity contribution in [2.45, 2.75) is 31.4 Å². The van der Waals surface area contributed by atoms with Crippen molar-refractivity contribution in [3.05, 3.63) is 0 Å². The lowest BCUT2D eigenvalue weighted by molar-refractivity contribution is -0.0488. The Morgan fingerprint density at radius 2 is 2.25 bits per heavy atom. The molecule has 0 spiro atoms. The quantitative estimate of drug-likeness (QED) is 0.657. The molecule has 2 atom stereocenters. The average molecular weight is 172 g/mol. The Balaban J connectivity index is 2.64. The number of likely N-dealkylation sites (N-methyl/N-ethyl adjacent to an activating group) is 1. The molecule has 3 nitrogen and oxygen atoms in total. The normalized spacial score (nSPS) is 37.2. The molecule has 2 unspecified atom stereocenters. The van der Waals surface area contributed by atoms with Crippen molar-refractivity contribution in [3.8, 4) is 0 Å². The first-order valence-electron chi connectivity index (χ1n) is 4.60. The van der Waals surface area contributed by atoms with Gasteiger partial charge in [-0.25, -0.2) is 0 Å². The van der Waals surface area contributed by atoms with Crippen LogP contribution in [0.1, 0.15) is 19.8 Å². The molecule has 12 heavy (non-hydrogen) atoms. The van der Waals surface area contributed by atoms with Crippen molar-refractivity contribution in [2.24, 2.45) is 5.73 Å². The molecule has 1 rings (SSSR count). The van der Waals surface area contributed by atoms with Crippen molar-refractivity contribution in [2.75, 3.05) is 27.2 Å². The van der Waals surface area contributed by atoms with Gasteiger partial charge >= 0.3 is 0 Å². The lowest BCUT2D eigenvalue weighted by atomic mass is 9.86. The van der Waals surface area contributed by atoms with Gasteiger partial charge in [-0.3, -0.25) is 0 Å². The van der Waals surface area contributed by atoms with Crippen LogP contribution in [-0.2, 0) is 4.74 Å². The second-order valence-corrected chi connectivity index (χ2v) is 3.96. The third-order valence-corrected chi connectivity index (χ3v) is 2.97. The second kappa shape index (κ2) is 3.73. The summed E-state index contributed by atoms with van der Waals surface area (Å²) in [4.78, 5) is 2.24. The fourth-order valence-electron chi connectivity index (χ4n) is 1.92. The third-order valence-electron chi connectivity index (χ3n) is 2.97. The highest BCUT2D eigenvalue weighted by Gasteiger charge is 2.35. The average Bonchev–Trinajstić information content (AvgIpc) is 2.04. The zero-order valence-corrected chi connectivity index (χ0v) is 8.34. The summed E-state index contributed by atoms with van der Waals surface area (Å²) in [5.41, 5.74) is 5.98. The zero-order chi connectivity index (χ0) is 9.19. The molecule has 1 saturated heterocycles. The van der Waals surface area contributed by atoms with Crippen LogP contribution in [0.2, 0.25) is 0 Å². The van der Waals surface area contributed by atoms with Crippen molar-refractivity contribution >= 4 is 0 Å². The first-order chi connectivity index (χ1) is 5.60. The van der Waals surface area contributed by atoms with Crippen LogP contribution < -0.4 is 5.73 Å². The van der Waals surface area contributed by atoms with E-state index in [1.54, 1.807) is 0 Å². The van der Waals surface area contributed by atoms with Crippen LogP contribution >= 0.6 is 0 Å². The Morgan fingerprint density at radius 1 is 1.58 bits per heavy atom. The van der Waals surface area contributed by atoms with Gasteiger partial charge in [0.2, 0.25) is 0 Å². The smallest absolute Gasteiger partial charge is 0.0565 e. The number of rotatable bonds is 2. The van der Waals surface area contributed by atoms with Gasteiger partial charge in [-0.2, -0.15) is 0 Å². The first kappa shape index (κ1) is 9.96. The van der Waals surface area contributed by atoms with Gasteiger partial charge in [-0.05, 0) is 33.9 Å². The SMILES string of the molecule is CC1CC(CN)(N(C)C)CCO1. The maximum atomic E-state index is 5.80. The molecule has 2 N–H and O–H groups in total. The molecular weight excluding hydrogens is 152 g/mol. The Hall–Kier alpha value is -0.120. The molecule has 1 aliphatic rings. The molecule has 0 aliphatic carbocycles. The molecule has 72 valence electrons. The van der Waals surface area contributed by atoms with E-state index in [-0.39, 0.29) is 5.54 Å². The van der Waals surface area contributed by atoms with Gasteiger partial charge in [0.1, 0.15) is 0 Å². The van der Waals surface area contributed by atoms with Crippen molar-refractivity contribution in [1.29, 1.82) is 0 Å². The number of hydrogen-bond acceptors (Lipinski definition) is 3. The summed E-state index contributed by atoms with van der Waals surface area (Å²) in [5, 5.41) is 0. The van der Waals surface area contributed by atoms with E-state index < -0.39 is 0 Å². The molecule has 0 bridgehead atoms. The monoisotopic (exact) mass is 172 g/mol. The summed E-state index contributed by atoms with van der Waals surface area (Å²) in [6.07, 6.45) is 2.46. The predicted octanol–water partition coefficient (Wildman–Crippen LogP) is 0.444. The lowest BCUT2D eigenvalue weighted by Crippen LogP contribution is -2.55. The highest BCUT2D eigenvalue weighted by molar-refractivity contribution is 4.93. The number of ether oxygens (including phenoxy) is 1. The van der Waals surface area contributed by atoms with Crippen LogP contribution in [0.4, 0.5) is 0 Å². The molecule has 1 fully saturated rings. The maximum Gasteiger partial charge on any atom is 0.0565 e. The molecular formula is C9H20N2O. The van der Waals surface area contributed by atoms with Crippen LogP contribution in [-0.4, -0.2) is 43.8 Å². The van der Waals surface area contributed by atoms with Crippen molar-refractivity contribution in [3.63, 3.8) is 0 Å². The predicted molar refractivity (Wildman–Crippen MR) is 50.1 cm³/mol. The van der Waals surface area contributed by atoms with Gasteiger partial charge in [-0.1, -0.05) is 0 Å². The van der Waals surface area contributed by atoms with Gasteiger partial charge in [0, 0.05) is 18.7 Å². The van der Waals surface area contributed by atoms with E-state index in [1.807, 2.05) is 0 Å². The van der Waals surface area contributed by atoms with Crippen LogP contribution in [0.3, 0.4) is 0 Å². The van der Waals surface area contributed by atoms with E-state index in [9.17, 15) is 0 Å². The van der Waals surface area contributed by atoms with E-state index in [0.717, 1.165) is 26.0 Å². The van der Waals surface area contributed by atoms with Crippen LogP contribution in [0, 0.1) is 0 Å². The van der Waals surface area contributed by atoms with Crippen molar-refractivity contribution < 1.29 is 4.74 Å². The summed E-state index contributed by atoms with van der Waals surface area (Å²) < 4.78 is 5.50. The first-order valence-corrected chi connectivity index (χ1v) is 4.60. The molecule has 1 heterocycles. The summed E-state index contributed by atoms with van der Waals surface area (Å²) >= 11 is 0. The fraction of sp³-hybridized carbons (Fsp3) is 1.00. The topological polar surface area (TPSA) is 38.5 Å². The summed E-state index contributed by atoms with van der Waals surface area (Å²) in [6, 6.07) is 0. The van der Waals surface area contributed by atoms with E-state index in [2.05, 4.69) is 25.9 Å². The summed E-state index contributed by atoms with van der Waals surface area (Å²) in [6.45, 7) is 3.69. The molecule has 1 aliphatic heterocycles. The van der Waals surface area contributed by atoms with Crippen molar-refractivity contribution in [1.82, 2.24) is 4.90 Å². The minimum atomic E-state index is 0.178. The Labute approximate surface area is 74.9 Å². The molecule has 0 aromatic heterocycles. The lowest BCUT2D eigenvalue weighted by Gasteiger charge is -2.44. The summed E-state index contributed by atoms with van der Waals surface area (Å²) in [7, 11) is 4.20. The number of nitrogens with two attached hydrogens (primary N) is 1. The van der Waals surface area contributed by atoms with Crippen LogP contribution in [0.5, 0.6) is 0 Å². The summed E-state index contributed by atoms with van der Waals surface area (Å²) in [5.74, 6) is 0. The fourth-order valence-corrected chi connectivity index (χ4v) is 1.92. The van der Waals surface area contributed by atoms with E-state index in [0.29, 0.717) is 6.10 Å². The third kappa shape index (κ3) is 1.79. The standard InChI is InChI=1S/C9H20N2O/c1-8-6-9(7-10,11(2)3)4-5-12-8/h8H,4-7,10H2,1-3H3. The van der Waals surface area contributed by atoms with Gasteiger partial charge in [-0.15, -0.1) is 0 Å². The number of hydrogen-bond donors (Lipinski definition) is 1. The molecule has 0 saturated carbocycles. The second-order valence-electron chi connectivity index (χ2n) is 3.96. The van der Waals surface area contributed by atoms with Gasteiger partial charge in [0.05, 0.1) is 6.10 Å². The van der Waals surface area contributed by atoms with Crippen LogP contribution in [0.25, 0.3) is 0 Å². The minimum Gasteiger partial charge on any atom is -0.378 e. The largest absolute Gasteiger partial charge is 0.378 e. The Kier molecular flexibility index (Phi) is 3.09. The highest BCUT2D eigenvalue weighted by Crippen LogP contribution is 2.27. The van der Waals surface area contributed by atoms with Gasteiger partial charge in [0.25, 0.3) is 0 Å². The molecule has 0 amide bonds. The van der Waals surface area contributed by atoms with Gasteiger partial charge < -0.3 is 15.4 Å². The van der Waals surface area contributed by atoms with Gasteiger partial charge in [0.15, 0.2) is 0 Å². The van der Waals surface area contributed by atoms with E-state index in [1.165, 1.54) is 0 Å². The van der Waals surface area contributed by atoms with Crippen LogP contribution in [0.15, 0.2) is 0 Å². The zero-order valence-electron chi connectivity index (χ0n) is 8.34. The highest BCUT2D eigenvalue weighted by atomic mass is 16.5. The Morgan fingerprint density at radius 3 is 2.58 bits per heavy atom. The van der Waals surface area contributed by atoms with E-state index >= 15 is 0 Å². The molecule has 3 heteroatoms.